The third-order valence-electron chi connectivity index (χ3n) is 3.89. The second-order valence-corrected chi connectivity index (χ2v) is 7.64. The van der Waals surface area contributed by atoms with Crippen LogP contribution in [0.1, 0.15) is 23.5 Å². The predicted octanol–water partition coefficient (Wildman–Crippen LogP) is 3.88. The lowest BCUT2D eigenvalue weighted by molar-refractivity contribution is 0.174. The van der Waals surface area contributed by atoms with Gasteiger partial charge in [0.15, 0.2) is 17.5 Å². The summed E-state index contributed by atoms with van der Waals surface area (Å²) in [6.07, 6.45) is -0.667. The Balaban J connectivity index is 0.00000261. The van der Waals surface area contributed by atoms with Gasteiger partial charge in [0.2, 0.25) is 6.79 Å². The Labute approximate surface area is 185 Å². The molecule has 2 aromatic rings. The molecule has 2 N–H and O–H groups in total. The molecule has 0 aliphatic carbocycles. The summed E-state index contributed by atoms with van der Waals surface area (Å²) in [5.74, 6) is 2.27. The van der Waals surface area contributed by atoms with Gasteiger partial charge in [0.05, 0.1) is 10.9 Å². The topological polar surface area (TPSA) is 66.3 Å². The molecule has 0 bridgehead atoms. The zero-order chi connectivity index (χ0) is 18.5. The first kappa shape index (κ1) is 22.1. The number of nitrogens with zero attached hydrogens (tertiary/aromatic N) is 2. The second kappa shape index (κ2) is 10.4. The van der Waals surface area contributed by atoms with Gasteiger partial charge in [0, 0.05) is 25.0 Å². The number of fused-ring (bicyclic) bond motifs is 1. The molecule has 0 fully saturated rings. The van der Waals surface area contributed by atoms with E-state index in [4.69, 9.17) is 21.1 Å². The molecular weight excluding hydrogens is 501 g/mol. The molecular formula is C18H23ClIN3O3S. The molecule has 0 saturated heterocycles. The minimum absolute atomic E-state index is 0. The molecule has 1 aromatic carbocycles. The Morgan fingerprint density at radius 3 is 2.81 bits per heavy atom. The van der Waals surface area contributed by atoms with E-state index in [1.165, 1.54) is 11.3 Å². The zero-order valence-electron chi connectivity index (χ0n) is 15.1. The summed E-state index contributed by atoms with van der Waals surface area (Å²) in [6.45, 7) is 3.95. The Kier molecular flexibility index (Phi) is 8.46. The first-order valence-electron chi connectivity index (χ1n) is 8.38. The predicted molar refractivity (Wildman–Crippen MR) is 120 cm³/mol. The number of hydrogen-bond donors (Lipinski definition) is 2. The standard InChI is InChI=1S/C18H22ClN3O3S.HI/c1-3-20-18(21-9-13(23)16-6-7-17(19)26-16)22(2)10-12-4-5-14-15(8-12)25-11-24-14;/h4-8,13,23H,3,9-11H2,1-2H3,(H,20,21);1H. The smallest absolute Gasteiger partial charge is 0.231 e. The van der Waals surface area contributed by atoms with Crippen LogP contribution in [-0.4, -0.2) is 42.9 Å². The lowest BCUT2D eigenvalue weighted by atomic mass is 10.2. The highest BCUT2D eigenvalue weighted by molar-refractivity contribution is 14.0. The second-order valence-electron chi connectivity index (χ2n) is 5.90. The van der Waals surface area contributed by atoms with Gasteiger partial charge < -0.3 is 24.8 Å². The summed E-state index contributed by atoms with van der Waals surface area (Å²) in [5, 5.41) is 13.5. The van der Waals surface area contributed by atoms with Gasteiger partial charge >= 0.3 is 0 Å². The molecule has 1 aliphatic heterocycles. The van der Waals surface area contributed by atoms with Crippen molar-refractivity contribution in [3.63, 3.8) is 0 Å². The van der Waals surface area contributed by atoms with E-state index in [0.717, 1.165) is 34.4 Å². The van der Waals surface area contributed by atoms with Gasteiger partial charge in [-0.1, -0.05) is 17.7 Å². The highest BCUT2D eigenvalue weighted by atomic mass is 127. The number of halogens is 2. The number of rotatable bonds is 6. The Morgan fingerprint density at radius 2 is 2.11 bits per heavy atom. The molecule has 3 rings (SSSR count). The van der Waals surface area contributed by atoms with E-state index >= 15 is 0 Å². The van der Waals surface area contributed by atoms with Crippen molar-refractivity contribution in [2.75, 3.05) is 26.9 Å². The van der Waals surface area contributed by atoms with Crippen LogP contribution in [0, 0.1) is 0 Å². The fourth-order valence-corrected chi connectivity index (χ4v) is 3.67. The molecule has 1 atom stereocenters. The van der Waals surface area contributed by atoms with Crippen molar-refractivity contribution in [3.05, 3.63) is 45.1 Å². The largest absolute Gasteiger partial charge is 0.454 e. The fraction of sp³-hybridized carbons (Fsp3) is 0.389. The molecule has 1 aliphatic rings. The molecule has 2 heterocycles. The number of benzene rings is 1. The van der Waals surface area contributed by atoms with Gasteiger partial charge in [-0.2, -0.15) is 0 Å². The zero-order valence-corrected chi connectivity index (χ0v) is 19.0. The molecule has 0 saturated carbocycles. The number of guanidine groups is 1. The first-order valence-corrected chi connectivity index (χ1v) is 9.57. The van der Waals surface area contributed by atoms with E-state index in [1.54, 1.807) is 6.07 Å². The van der Waals surface area contributed by atoms with Crippen molar-refractivity contribution in [2.45, 2.75) is 19.6 Å². The summed E-state index contributed by atoms with van der Waals surface area (Å²) in [5.41, 5.74) is 1.09. The van der Waals surface area contributed by atoms with E-state index < -0.39 is 6.10 Å². The van der Waals surface area contributed by atoms with Gasteiger partial charge in [-0.3, -0.25) is 4.99 Å². The SMILES string of the molecule is CCNC(=NCC(O)c1ccc(Cl)s1)N(C)Cc1ccc2c(c1)OCO2.I. The number of aliphatic imine (C=N–C) groups is 1. The van der Waals surface area contributed by atoms with Gasteiger partial charge in [0.1, 0.15) is 6.10 Å². The maximum Gasteiger partial charge on any atom is 0.231 e. The number of aliphatic hydroxyl groups is 1. The molecule has 0 radical (unpaired) electrons. The summed E-state index contributed by atoms with van der Waals surface area (Å²) >= 11 is 7.30. The van der Waals surface area contributed by atoms with Crippen molar-refractivity contribution in [1.29, 1.82) is 0 Å². The van der Waals surface area contributed by atoms with Crippen molar-refractivity contribution in [1.82, 2.24) is 10.2 Å². The molecule has 1 aromatic heterocycles. The number of nitrogens with one attached hydrogen (secondary N) is 1. The Morgan fingerprint density at radius 1 is 1.33 bits per heavy atom. The van der Waals surface area contributed by atoms with Crippen LogP contribution in [-0.2, 0) is 6.54 Å². The number of thiophene rings is 1. The normalized spacial score (nSPS) is 13.9. The van der Waals surface area contributed by atoms with Crippen LogP contribution >= 0.6 is 46.9 Å². The summed E-state index contributed by atoms with van der Waals surface area (Å²) in [7, 11) is 1.96. The van der Waals surface area contributed by atoms with Gasteiger partial charge in [-0.15, -0.1) is 35.3 Å². The minimum atomic E-state index is -0.667. The van der Waals surface area contributed by atoms with E-state index in [0.29, 0.717) is 10.9 Å². The van der Waals surface area contributed by atoms with E-state index in [-0.39, 0.29) is 37.3 Å². The van der Waals surface area contributed by atoms with Gasteiger partial charge in [-0.05, 0) is 36.8 Å². The highest BCUT2D eigenvalue weighted by Gasteiger charge is 2.15. The third-order valence-corrected chi connectivity index (χ3v) is 5.22. The monoisotopic (exact) mass is 523 g/mol. The van der Waals surface area contributed by atoms with Gasteiger partial charge in [0.25, 0.3) is 0 Å². The van der Waals surface area contributed by atoms with Crippen molar-refractivity contribution >= 4 is 52.9 Å². The van der Waals surface area contributed by atoms with E-state index in [1.807, 2.05) is 43.1 Å². The lowest BCUT2D eigenvalue weighted by Crippen LogP contribution is -2.38. The van der Waals surface area contributed by atoms with Gasteiger partial charge in [-0.25, -0.2) is 0 Å². The fourth-order valence-electron chi connectivity index (χ4n) is 2.63. The molecule has 0 amide bonds. The molecule has 148 valence electrons. The molecule has 27 heavy (non-hydrogen) atoms. The van der Waals surface area contributed by atoms with Crippen LogP contribution in [0.15, 0.2) is 35.3 Å². The summed E-state index contributed by atoms with van der Waals surface area (Å²) in [6, 6.07) is 9.52. The molecule has 9 heteroatoms. The summed E-state index contributed by atoms with van der Waals surface area (Å²) < 4.78 is 11.4. The average Bonchev–Trinajstić information content (AvgIpc) is 3.26. The third kappa shape index (κ3) is 5.87. The first-order chi connectivity index (χ1) is 12.6. The Bertz CT molecular complexity index is 787. The number of ether oxygens (including phenoxy) is 2. The molecule has 0 spiro atoms. The van der Waals surface area contributed by atoms with Crippen molar-refractivity contribution in [2.24, 2.45) is 4.99 Å². The molecule has 6 nitrogen and oxygen atoms in total. The Hall–Kier alpha value is -1.23. The van der Waals surface area contributed by atoms with Crippen LogP contribution in [0.3, 0.4) is 0 Å². The van der Waals surface area contributed by atoms with Crippen LogP contribution in [0.25, 0.3) is 0 Å². The summed E-state index contributed by atoms with van der Waals surface area (Å²) in [4.78, 5) is 7.38. The maximum atomic E-state index is 10.3. The number of hydrogen-bond acceptors (Lipinski definition) is 5. The van der Waals surface area contributed by atoms with Crippen molar-refractivity contribution < 1.29 is 14.6 Å². The minimum Gasteiger partial charge on any atom is -0.454 e. The average molecular weight is 524 g/mol. The quantitative estimate of drug-likeness (QED) is 0.342. The van der Waals surface area contributed by atoms with E-state index in [2.05, 4.69) is 10.3 Å². The van der Waals surface area contributed by atoms with Crippen molar-refractivity contribution in [3.8, 4) is 11.5 Å². The van der Waals surface area contributed by atoms with E-state index in [9.17, 15) is 5.11 Å². The highest BCUT2D eigenvalue weighted by Crippen LogP contribution is 2.32. The maximum absolute atomic E-state index is 10.3. The van der Waals surface area contributed by atoms with Crippen LogP contribution in [0.5, 0.6) is 11.5 Å². The molecule has 1 unspecified atom stereocenters. The lowest BCUT2D eigenvalue weighted by Gasteiger charge is -2.22. The van der Waals surface area contributed by atoms with Crippen LogP contribution < -0.4 is 14.8 Å². The van der Waals surface area contributed by atoms with Crippen LogP contribution in [0.4, 0.5) is 0 Å². The number of aliphatic hydroxyl groups excluding tert-OH is 1. The van der Waals surface area contributed by atoms with Crippen LogP contribution in [0.2, 0.25) is 4.34 Å².